The molecule has 1 fully saturated rings. The van der Waals surface area contributed by atoms with Crippen LogP contribution in [0.15, 0.2) is 60.7 Å². The van der Waals surface area contributed by atoms with E-state index in [0.29, 0.717) is 25.3 Å². The summed E-state index contributed by atoms with van der Waals surface area (Å²) in [6.07, 6.45) is 0.931. The zero-order valence-corrected chi connectivity index (χ0v) is 21.3. The summed E-state index contributed by atoms with van der Waals surface area (Å²) < 4.78 is 2.26. The number of nitrogens with zero attached hydrogens (tertiary/aromatic N) is 4. The average Bonchev–Trinajstić information content (AvgIpc) is 3.22. The predicted octanol–water partition coefficient (Wildman–Crippen LogP) is 3.49. The fraction of sp³-hybridized carbons (Fsp3) is 0.333. The average molecular weight is 496 g/mol. The predicted molar refractivity (Wildman–Crippen MR) is 146 cm³/mol. The molecule has 0 aliphatic carbocycles. The number of carbonyl (C=O) groups is 1. The third kappa shape index (κ3) is 4.38. The lowest BCUT2D eigenvalue weighted by Crippen LogP contribution is -2.46. The van der Waals surface area contributed by atoms with Crippen LogP contribution in [0.25, 0.3) is 10.9 Å². The van der Waals surface area contributed by atoms with Gasteiger partial charge in [0.05, 0.1) is 12.1 Å². The normalized spacial score (nSPS) is 15.7. The fourth-order valence-electron chi connectivity index (χ4n) is 5.75. The number of fused-ring (bicyclic) bond motifs is 2. The molecule has 4 aromatic rings. The van der Waals surface area contributed by atoms with Gasteiger partial charge < -0.3 is 24.8 Å². The van der Waals surface area contributed by atoms with Gasteiger partial charge in [0, 0.05) is 62.5 Å². The molecule has 0 atom stereocenters. The van der Waals surface area contributed by atoms with Crippen LogP contribution in [0.1, 0.15) is 38.4 Å². The van der Waals surface area contributed by atoms with Crippen molar-refractivity contribution in [3.63, 3.8) is 0 Å². The van der Waals surface area contributed by atoms with Crippen LogP contribution in [0.4, 0.5) is 5.82 Å². The summed E-state index contributed by atoms with van der Waals surface area (Å²) in [6.45, 7) is 7.14. The second kappa shape index (κ2) is 10.00. The van der Waals surface area contributed by atoms with Crippen molar-refractivity contribution in [1.82, 2.24) is 19.8 Å². The van der Waals surface area contributed by atoms with Crippen molar-refractivity contribution < 1.29 is 9.90 Å². The SMILES string of the molecule is Cc1c(CO)c2cc(C(=O)N3CCNCC3)nc(N3CCc4ccccc4C3)c2n1Cc1ccccc1. The fourth-order valence-corrected chi connectivity index (χ4v) is 5.75. The van der Waals surface area contributed by atoms with Crippen LogP contribution in [-0.2, 0) is 26.1 Å². The molecule has 2 aromatic heterocycles. The van der Waals surface area contributed by atoms with Crippen LogP contribution in [-0.4, -0.2) is 58.2 Å². The van der Waals surface area contributed by atoms with Gasteiger partial charge in [-0.25, -0.2) is 4.98 Å². The summed E-state index contributed by atoms with van der Waals surface area (Å²) in [6, 6.07) is 20.8. The number of aliphatic hydroxyl groups is 1. The van der Waals surface area contributed by atoms with Crippen LogP contribution < -0.4 is 10.2 Å². The number of pyridine rings is 1. The molecule has 6 rings (SSSR count). The van der Waals surface area contributed by atoms with Crippen LogP contribution >= 0.6 is 0 Å². The topological polar surface area (TPSA) is 73.6 Å². The Kier molecular flexibility index (Phi) is 6.40. The maximum atomic E-state index is 13.6. The molecule has 0 bridgehead atoms. The van der Waals surface area contributed by atoms with Crippen LogP contribution in [0.2, 0.25) is 0 Å². The first-order chi connectivity index (χ1) is 18.1. The molecule has 2 aliphatic heterocycles. The van der Waals surface area contributed by atoms with Crippen LogP contribution in [0, 0.1) is 6.92 Å². The van der Waals surface area contributed by atoms with E-state index in [9.17, 15) is 9.90 Å². The highest BCUT2D eigenvalue weighted by Gasteiger charge is 2.28. The van der Waals surface area contributed by atoms with Gasteiger partial charge >= 0.3 is 0 Å². The molecule has 2 aliphatic rings. The highest BCUT2D eigenvalue weighted by molar-refractivity contribution is 6.01. The van der Waals surface area contributed by atoms with E-state index in [4.69, 9.17) is 4.98 Å². The minimum Gasteiger partial charge on any atom is -0.392 e. The largest absolute Gasteiger partial charge is 0.392 e. The van der Waals surface area contributed by atoms with Gasteiger partial charge in [-0.05, 0) is 36.1 Å². The molecule has 0 radical (unpaired) electrons. The second-order valence-corrected chi connectivity index (χ2v) is 10.0. The number of aromatic nitrogens is 2. The Balaban J connectivity index is 1.53. The smallest absolute Gasteiger partial charge is 0.272 e. The minimum absolute atomic E-state index is 0.0422. The lowest BCUT2D eigenvalue weighted by Gasteiger charge is -2.32. The van der Waals surface area contributed by atoms with Gasteiger partial charge in [-0.2, -0.15) is 0 Å². The highest BCUT2D eigenvalue weighted by atomic mass is 16.3. The Morgan fingerprint density at radius 1 is 1.00 bits per heavy atom. The van der Waals surface area contributed by atoms with Gasteiger partial charge in [0.25, 0.3) is 5.91 Å². The van der Waals surface area contributed by atoms with Gasteiger partial charge in [-0.15, -0.1) is 0 Å². The van der Waals surface area contributed by atoms with Crippen molar-refractivity contribution in [1.29, 1.82) is 0 Å². The molecule has 2 aromatic carbocycles. The molecule has 1 amide bonds. The maximum Gasteiger partial charge on any atom is 0.272 e. The van der Waals surface area contributed by atoms with E-state index in [1.54, 1.807) is 0 Å². The van der Waals surface area contributed by atoms with E-state index in [1.807, 2.05) is 29.2 Å². The number of anilines is 1. The van der Waals surface area contributed by atoms with Gasteiger partial charge in [-0.1, -0.05) is 54.6 Å². The third-order valence-electron chi connectivity index (χ3n) is 7.81. The van der Waals surface area contributed by atoms with Gasteiger partial charge in [-0.3, -0.25) is 4.79 Å². The zero-order valence-electron chi connectivity index (χ0n) is 21.3. The molecular weight excluding hydrogens is 462 g/mol. The Labute approximate surface area is 217 Å². The molecule has 37 heavy (non-hydrogen) atoms. The molecule has 0 saturated carbocycles. The number of hydrogen-bond donors (Lipinski definition) is 2. The first-order valence-corrected chi connectivity index (χ1v) is 13.1. The number of carbonyl (C=O) groups excluding carboxylic acids is 1. The van der Waals surface area contributed by atoms with E-state index < -0.39 is 0 Å². The van der Waals surface area contributed by atoms with E-state index in [0.717, 1.165) is 60.6 Å². The summed E-state index contributed by atoms with van der Waals surface area (Å²) >= 11 is 0. The monoisotopic (exact) mass is 495 g/mol. The Hall–Kier alpha value is -3.68. The Morgan fingerprint density at radius 3 is 2.49 bits per heavy atom. The molecule has 2 N–H and O–H groups in total. The molecule has 0 spiro atoms. The molecule has 7 heteroatoms. The van der Waals surface area contributed by atoms with Crippen LogP contribution in [0.5, 0.6) is 0 Å². The second-order valence-electron chi connectivity index (χ2n) is 10.0. The van der Waals surface area contributed by atoms with Crippen molar-refractivity contribution >= 4 is 22.6 Å². The quantitative estimate of drug-likeness (QED) is 0.444. The first-order valence-electron chi connectivity index (χ1n) is 13.1. The summed E-state index contributed by atoms with van der Waals surface area (Å²) in [5.41, 5.74) is 7.16. The maximum absolute atomic E-state index is 13.6. The van der Waals surface area contributed by atoms with Crippen molar-refractivity contribution in [2.45, 2.75) is 33.0 Å². The first kappa shape index (κ1) is 23.7. The summed E-state index contributed by atoms with van der Waals surface area (Å²) in [7, 11) is 0. The number of nitrogens with one attached hydrogen (secondary N) is 1. The van der Waals surface area contributed by atoms with Gasteiger partial charge in [0.15, 0.2) is 5.82 Å². The number of piperazine rings is 1. The minimum atomic E-state index is -0.0856. The summed E-state index contributed by atoms with van der Waals surface area (Å²) in [4.78, 5) is 22.9. The Bertz CT molecular complexity index is 1440. The van der Waals surface area contributed by atoms with Gasteiger partial charge in [0.2, 0.25) is 0 Å². The standard InChI is InChI=1S/C30H33N5O2/c1-21-26(20-36)25-17-27(30(37)33-15-12-31-13-16-33)32-29(28(25)35(21)18-22-7-3-2-4-8-22)34-14-11-23-9-5-6-10-24(23)19-34/h2-10,17,31,36H,11-16,18-20H2,1H3. The lowest BCUT2D eigenvalue weighted by atomic mass is 9.99. The molecule has 1 saturated heterocycles. The summed E-state index contributed by atoms with van der Waals surface area (Å²) in [5.74, 6) is 0.781. The number of benzene rings is 2. The van der Waals surface area contributed by atoms with E-state index in [-0.39, 0.29) is 12.5 Å². The highest BCUT2D eigenvalue weighted by Crippen LogP contribution is 2.36. The molecule has 4 heterocycles. The molecule has 0 unspecified atom stereocenters. The number of amides is 1. The molecule has 190 valence electrons. The van der Waals surface area contributed by atoms with Crippen molar-refractivity contribution in [2.24, 2.45) is 0 Å². The zero-order chi connectivity index (χ0) is 25.4. The Morgan fingerprint density at radius 2 is 1.73 bits per heavy atom. The summed E-state index contributed by atoms with van der Waals surface area (Å²) in [5, 5.41) is 14.7. The van der Waals surface area contributed by atoms with Crippen molar-refractivity contribution in [3.05, 3.63) is 94.3 Å². The molecular formula is C30H33N5O2. The number of rotatable bonds is 5. The lowest BCUT2D eigenvalue weighted by molar-refractivity contribution is 0.0730. The third-order valence-corrected chi connectivity index (χ3v) is 7.81. The van der Waals surface area contributed by atoms with Crippen LogP contribution in [0.3, 0.4) is 0 Å². The molecule has 7 nitrogen and oxygen atoms in total. The van der Waals surface area contributed by atoms with Gasteiger partial charge in [0.1, 0.15) is 5.69 Å². The number of aliphatic hydroxyl groups excluding tert-OH is 1. The van der Waals surface area contributed by atoms with Crippen molar-refractivity contribution in [3.8, 4) is 0 Å². The number of hydrogen-bond acceptors (Lipinski definition) is 5. The van der Waals surface area contributed by atoms with E-state index in [1.165, 1.54) is 16.7 Å². The van der Waals surface area contributed by atoms with Crippen molar-refractivity contribution in [2.75, 3.05) is 37.6 Å². The van der Waals surface area contributed by atoms with E-state index in [2.05, 4.69) is 58.1 Å². The van der Waals surface area contributed by atoms with E-state index >= 15 is 0 Å².